The summed E-state index contributed by atoms with van der Waals surface area (Å²) < 4.78 is 1.17. The highest BCUT2D eigenvalue weighted by molar-refractivity contribution is 7.21. The summed E-state index contributed by atoms with van der Waals surface area (Å²) >= 11 is 1.74. The maximum Gasteiger partial charge on any atom is 0.124 e. The summed E-state index contributed by atoms with van der Waals surface area (Å²) in [6.45, 7) is 0. The number of fused-ring (bicyclic) bond motifs is 4. The van der Waals surface area contributed by atoms with Crippen LogP contribution in [0.2, 0.25) is 0 Å². The Bertz CT molecular complexity index is 2680. The van der Waals surface area contributed by atoms with E-state index >= 15 is 0 Å². The second-order valence-electron chi connectivity index (χ2n) is 13.5. The molecule has 1 aliphatic carbocycles. The zero-order chi connectivity index (χ0) is 35.2. The van der Waals surface area contributed by atoms with Crippen LogP contribution in [0.3, 0.4) is 0 Å². The lowest BCUT2D eigenvalue weighted by atomic mass is 9.67. The first kappa shape index (κ1) is 31.2. The molecule has 0 saturated heterocycles. The number of hydrogen-bond acceptors (Lipinski definition) is 3. The van der Waals surface area contributed by atoms with Crippen LogP contribution < -0.4 is 4.90 Å². The van der Waals surface area contributed by atoms with Crippen molar-refractivity contribution < 1.29 is 0 Å². The smallest absolute Gasteiger partial charge is 0.124 e. The van der Waals surface area contributed by atoms with Gasteiger partial charge in [0.05, 0.1) is 15.6 Å². The minimum atomic E-state index is -0.495. The van der Waals surface area contributed by atoms with E-state index in [4.69, 9.17) is 4.98 Å². The minimum Gasteiger partial charge on any atom is -0.310 e. The van der Waals surface area contributed by atoms with Gasteiger partial charge in [0.15, 0.2) is 0 Å². The van der Waals surface area contributed by atoms with Crippen molar-refractivity contribution >= 4 is 38.6 Å². The van der Waals surface area contributed by atoms with Crippen molar-refractivity contribution in [3.8, 4) is 32.8 Å². The Morgan fingerprint density at radius 3 is 1.66 bits per heavy atom. The molecule has 0 atom stereocenters. The van der Waals surface area contributed by atoms with Crippen LogP contribution in [0.4, 0.5) is 17.1 Å². The van der Waals surface area contributed by atoms with Gasteiger partial charge in [0.25, 0.3) is 0 Å². The van der Waals surface area contributed by atoms with Gasteiger partial charge in [-0.15, -0.1) is 11.3 Å². The van der Waals surface area contributed by atoms with Crippen LogP contribution in [-0.4, -0.2) is 4.98 Å². The van der Waals surface area contributed by atoms with Crippen molar-refractivity contribution in [2.24, 2.45) is 0 Å². The van der Waals surface area contributed by atoms with Crippen LogP contribution in [0.25, 0.3) is 43.0 Å². The predicted octanol–water partition coefficient (Wildman–Crippen LogP) is 13.5. The Morgan fingerprint density at radius 2 is 0.943 bits per heavy atom. The number of hydrogen-bond donors (Lipinski definition) is 0. The molecule has 0 spiro atoms. The highest BCUT2D eigenvalue weighted by Crippen LogP contribution is 2.57. The van der Waals surface area contributed by atoms with E-state index in [1.807, 2.05) is 0 Å². The normalized spacial score (nSPS) is 12.7. The lowest BCUT2D eigenvalue weighted by Crippen LogP contribution is -2.28. The summed E-state index contributed by atoms with van der Waals surface area (Å²) in [7, 11) is 0. The largest absolute Gasteiger partial charge is 0.310 e. The molecule has 1 heterocycles. The maximum atomic E-state index is 5.16. The number of nitrogens with zero attached hydrogens (tertiary/aromatic N) is 2. The summed E-state index contributed by atoms with van der Waals surface area (Å²) in [5.41, 5.74) is 14.9. The van der Waals surface area contributed by atoms with Crippen molar-refractivity contribution in [3.63, 3.8) is 0 Å². The number of rotatable bonds is 7. The molecule has 0 N–H and O–H groups in total. The predicted molar refractivity (Wildman–Crippen MR) is 222 cm³/mol. The van der Waals surface area contributed by atoms with Crippen molar-refractivity contribution in [2.45, 2.75) is 5.41 Å². The quantitative estimate of drug-likeness (QED) is 0.165. The van der Waals surface area contributed by atoms with Gasteiger partial charge in [-0.25, -0.2) is 4.98 Å². The van der Waals surface area contributed by atoms with Crippen molar-refractivity contribution in [1.82, 2.24) is 4.98 Å². The standard InChI is InChI=1S/C50H34N2S/c1-5-16-35(17-6-1)37-20-15-25-40(32-37)52(42-29-31-48-47(34-42)51-49(53-48)36-18-7-2-8-19-36)41-28-30-44-43-26-13-14-27-45(43)50(46(44)33-41,38-21-9-3-10-22-38)39-23-11-4-12-24-39/h1-34H. The number of anilines is 3. The van der Waals surface area contributed by atoms with Crippen LogP contribution in [-0.2, 0) is 5.41 Å². The summed E-state index contributed by atoms with van der Waals surface area (Å²) in [5.74, 6) is 0. The van der Waals surface area contributed by atoms with E-state index in [1.165, 1.54) is 49.2 Å². The van der Waals surface area contributed by atoms with E-state index in [0.29, 0.717) is 0 Å². The molecule has 250 valence electrons. The Balaban J connectivity index is 1.22. The van der Waals surface area contributed by atoms with Crippen LogP contribution in [0.5, 0.6) is 0 Å². The van der Waals surface area contributed by atoms with E-state index in [-0.39, 0.29) is 0 Å². The third kappa shape index (κ3) is 5.20. The fraction of sp³-hybridized carbons (Fsp3) is 0.0200. The first-order valence-electron chi connectivity index (χ1n) is 18.0. The van der Waals surface area contributed by atoms with E-state index in [9.17, 15) is 0 Å². The maximum absolute atomic E-state index is 5.16. The van der Waals surface area contributed by atoms with Crippen LogP contribution >= 0.6 is 11.3 Å². The fourth-order valence-corrected chi connectivity index (χ4v) is 9.18. The Hall–Kier alpha value is -6.55. The van der Waals surface area contributed by atoms with Gasteiger partial charge in [0.2, 0.25) is 0 Å². The second-order valence-corrected chi connectivity index (χ2v) is 14.6. The summed E-state index contributed by atoms with van der Waals surface area (Å²) in [6.07, 6.45) is 0. The molecule has 3 heteroatoms. The Labute approximate surface area is 313 Å². The highest BCUT2D eigenvalue weighted by atomic mass is 32.1. The van der Waals surface area contributed by atoms with Gasteiger partial charge in [-0.2, -0.15) is 0 Å². The molecule has 1 aliphatic rings. The second kappa shape index (κ2) is 12.9. The number of benzene rings is 8. The fourth-order valence-electron chi connectivity index (χ4n) is 8.23. The van der Waals surface area contributed by atoms with E-state index in [2.05, 4.69) is 211 Å². The number of thiazole rings is 1. The molecule has 53 heavy (non-hydrogen) atoms. The molecule has 0 unspecified atom stereocenters. The van der Waals surface area contributed by atoms with Gasteiger partial charge in [-0.1, -0.05) is 164 Å². The van der Waals surface area contributed by atoms with E-state index in [1.54, 1.807) is 11.3 Å². The Kier molecular flexibility index (Phi) is 7.59. The monoisotopic (exact) mass is 694 g/mol. The molecule has 2 nitrogen and oxygen atoms in total. The van der Waals surface area contributed by atoms with E-state index < -0.39 is 5.41 Å². The van der Waals surface area contributed by atoms with Crippen LogP contribution in [0.15, 0.2) is 206 Å². The van der Waals surface area contributed by atoms with Crippen molar-refractivity contribution in [1.29, 1.82) is 0 Å². The Morgan fingerprint density at radius 1 is 0.396 bits per heavy atom. The zero-order valence-electron chi connectivity index (χ0n) is 28.9. The topological polar surface area (TPSA) is 16.1 Å². The van der Waals surface area contributed by atoms with Gasteiger partial charge in [-0.3, -0.25) is 0 Å². The number of aromatic nitrogens is 1. The summed E-state index contributed by atoms with van der Waals surface area (Å²) in [5, 5.41) is 1.03. The first-order chi connectivity index (χ1) is 26.3. The molecule has 8 aromatic carbocycles. The average molecular weight is 695 g/mol. The van der Waals surface area contributed by atoms with Gasteiger partial charge < -0.3 is 4.90 Å². The molecule has 1 aromatic heterocycles. The lowest BCUT2D eigenvalue weighted by molar-refractivity contribution is 0.768. The molecule has 9 aromatic rings. The van der Waals surface area contributed by atoms with Crippen LogP contribution in [0.1, 0.15) is 22.3 Å². The SMILES string of the molecule is c1ccc(-c2cccc(N(c3ccc4c(c3)C(c3ccccc3)(c3ccccc3)c3ccccc3-4)c3ccc4sc(-c5ccccc5)nc4c3)c2)cc1. The molecule has 0 saturated carbocycles. The molecule has 0 radical (unpaired) electrons. The highest BCUT2D eigenvalue weighted by Gasteiger charge is 2.46. The van der Waals surface area contributed by atoms with Gasteiger partial charge in [-0.05, 0) is 87.0 Å². The van der Waals surface area contributed by atoms with E-state index in [0.717, 1.165) is 33.1 Å². The van der Waals surface area contributed by atoms with Gasteiger partial charge in [0, 0.05) is 22.6 Å². The van der Waals surface area contributed by atoms with Gasteiger partial charge >= 0.3 is 0 Å². The lowest BCUT2D eigenvalue weighted by Gasteiger charge is -2.35. The van der Waals surface area contributed by atoms with Crippen molar-refractivity contribution in [3.05, 3.63) is 229 Å². The molecule has 0 amide bonds. The summed E-state index contributed by atoms with van der Waals surface area (Å²) in [4.78, 5) is 7.56. The third-order valence-electron chi connectivity index (χ3n) is 10.6. The minimum absolute atomic E-state index is 0.495. The van der Waals surface area contributed by atoms with Crippen LogP contribution in [0, 0.1) is 0 Å². The molecule has 0 bridgehead atoms. The summed E-state index contributed by atoms with van der Waals surface area (Å²) in [6, 6.07) is 74.7. The van der Waals surface area contributed by atoms with Gasteiger partial charge in [0.1, 0.15) is 5.01 Å². The molecule has 0 aliphatic heterocycles. The molecule has 10 rings (SSSR count). The zero-order valence-corrected chi connectivity index (χ0v) is 29.7. The molecular weight excluding hydrogens is 661 g/mol. The average Bonchev–Trinajstić information content (AvgIpc) is 3.80. The van der Waals surface area contributed by atoms with Crippen molar-refractivity contribution in [2.75, 3.05) is 4.90 Å². The third-order valence-corrected chi connectivity index (χ3v) is 11.6. The first-order valence-corrected chi connectivity index (χ1v) is 18.9. The molecular formula is C50H34N2S. The molecule has 0 fully saturated rings.